The minimum atomic E-state index is -0.344. The molecule has 0 unspecified atom stereocenters. The van der Waals surface area contributed by atoms with E-state index in [4.69, 9.17) is 5.73 Å². The Bertz CT molecular complexity index is 670. The van der Waals surface area contributed by atoms with Crippen molar-refractivity contribution in [1.29, 1.82) is 0 Å². The van der Waals surface area contributed by atoms with Gasteiger partial charge in [-0.05, 0) is 6.92 Å². The predicted molar refractivity (Wildman–Crippen MR) is 91.1 cm³/mol. The van der Waals surface area contributed by atoms with E-state index < -0.39 is 0 Å². The lowest BCUT2D eigenvalue weighted by Crippen LogP contribution is -2.40. The number of carbonyl (C=O) groups excluding carboxylic acids is 2. The Kier molecular flexibility index (Phi) is 6.25. The second-order valence-corrected chi connectivity index (χ2v) is 6.25. The van der Waals surface area contributed by atoms with E-state index in [9.17, 15) is 9.59 Å². The summed E-state index contributed by atoms with van der Waals surface area (Å²) in [5.74, 6) is -0.577. The summed E-state index contributed by atoms with van der Waals surface area (Å²) < 4.78 is 0. The molecule has 0 aliphatic rings. The fourth-order valence-corrected chi connectivity index (χ4v) is 3.00. The summed E-state index contributed by atoms with van der Waals surface area (Å²) in [6, 6.07) is 10.0. The number of rotatable bonds is 7. The fourth-order valence-electron chi connectivity index (χ4n) is 2.04. The maximum atomic E-state index is 11.6. The second-order valence-electron chi connectivity index (χ2n) is 4.96. The average Bonchev–Trinajstić information content (AvgIpc) is 2.94. The van der Waals surface area contributed by atoms with Gasteiger partial charge in [0.15, 0.2) is 0 Å². The Hall–Kier alpha value is -2.25. The number of nitrogens with zero attached hydrogens (tertiary/aromatic N) is 1. The molecule has 7 heteroatoms. The van der Waals surface area contributed by atoms with Crippen molar-refractivity contribution >= 4 is 23.2 Å². The SMILES string of the molecule is Cc1sc(CCNC(=O)CNC(=O)CN)nc1-c1ccccc1. The molecule has 2 amide bonds. The summed E-state index contributed by atoms with van der Waals surface area (Å²) in [6.07, 6.45) is 0.662. The van der Waals surface area contributed by atoms with Gasteiger partial charge in [-0.25, -0.2) is 4.98 Å². The highest BCUT2D eigenvalue weighted by Crippen LogP contribution is 2.27. The van der Waals surface area contributed by atoms with Crippen molar-refractivity contribution in [2.24, 2.45) is 5.73 Å². The van der Waals surface area contributed by atoms with Gasteiger partial charge in [-0.15, -0.1) is 11.3 Å². The Balaban J connectivity index is 1.83. The number of hydrogen-bond acceptors (Lipinski definition) is 5. The van der Waals surface area contributed by atoms with Crippen LogP contribution in [-0.2, 0) is 16.0 Å². The first-order chi connectivity index (χ1) is 11.1. The van der Waals surface area contributed by atoms with Crippen LogP contribution in [0.5, 0.6) is 0 Å². The Labute approximate surface area is 139 Å². The van der Waals surface area contributed by atoms with Gasteiger partial charge in [0.1, 0.15) is 0 Å². The van der Waals surface area contributed by atoms with Gasteiger partial charge in [-0.2, -0.15) is 0 Å². The van der Waals surface area contributed by atoms with E-state index in [0.29, 0.717) is 13.0 Å². The molecule has 1 heterocycles. The van der Waals surface area contributed by atoms with Crippen LogP contribution in [0.2, 0.25) is 0 Å². The summed E-state index contributed by atoms with van der Waals surface area (Å²) in [7, 11) is 0. The molecule has 122 valence electrons. The first-order valence-corrected chi connectivity index (χ1v) is 8.17. The van der Waals surface area contributed by atoms with E-state index in [0.717, 1.165) is 21.1 Å². The van der Waals surface area contributed by atoms with Gasteiger partial charge in [0.2, 0.25) is 11.8 Å². The number of nitrogens with two attached hydrogens (primary N) is 1. The number of aromatic nitrogens is 1. The van der Waals surface area contributed by atoms with Gasteiger partial charge in [0, 0.05) is 23.4 Å². The van der Waals surface area contributed by atoms with Gasteiger partial charge in [-0.1, -0.05) is 30.3 Å². The number of thiazole rings is 1. The van der Waals surface area contributed by atoms with E-state index in [-0.39, 0.29) is 24.9 Å². The van der Waals surface area contributed by atoms with E-state index in [2.05, 4.69) is 15.6 Å². The summed E-state index contributed by atoms with van der Waals surface area (Å²) in [5, 5.41) is 6.16. The zero-order chi connectivity index (χ0) is 16.7. The number of nitrogens with one attached hydrogen (secondary N) is 2. The summed E-state index contributed by atoms with van der Waals surface area (Å²) in [4.78, 5) is 28.3. The number of carbonyl (C=O) groups is 2. The molecule has 23 heavy (non-hydrogen) atoms. The standard InChI is InChI=1S/C16H20N4O2S/c1-11-16(12-5-3-2-4-6-12)20-15(23-11)7-8-18-14(22)10-19-13(21)9-17/h2-6H,7-10,17H2,1H3,(H,18,22)(H,19,21). The molecule has 0 radical (unpaired) electrons. The molecule has 0 atom stereocenters. The third kappa shape index (κ3) is 5.15. The highest BCUT2D eigenvalue weighted by atomic mass is 32.1. The Morgan fingerprint density at radius 2 is 1.91 bits per heavy atom. The van der Waals surface area contributed by atoms with Gasteiger partial charge in [0.25, 0.3) is 0 Å². The normalized spacial score (nSPS) is 10.3. The third-order valence-corrected chi connectivity index (χ3v) is 4.21. The molecule has 0 fully saturated rings. The minimum absolute atomic E-state index is 0.0534. The molecule has 0 aliphatic carbocycles. The predicted octanol–water partition coefficient (Wildman–Crippen LogP) is 0.852. The lowest BCUT2D eigenvalue weighted by molar-refractivity contribution is -0.125. The van der Waals surface area contributed by atoms with E-state index in [1.165, 1.54) is 0 Å². The molecule has 6 nitrogen and oxygen atoms in total. The minimum Gasteiger partial charge on any atom is -0.354 e. The van der Waals surface area contributed by atoms with Gasteiger partial charge >= 0.3 is 0 Å². The molecule has 2 aromatic rings. The summed E-state index contributed by atoms with van der Waals surface area (Å²) in [6.45, 7) is 2.36. The molecular formula is C16H20N4O2S. The van der Waals surface area contributed by atoms with Crippen LogP contribution in [0.3, 0.4) is 0 Å². The van der Waals surface area contributed by atoms with Crippen LogP contribution in [0, 0.1) is 6.92 Å². The van der Waals surface area contributed by atoms with Crippen molar-refractivity contribution in [2.75, 3.05) is 19.6 Å². The van der Waals surface area contributed by atoms with E-state index >= 15 is 0 Å². The van der Waals surface area contributed by atoms with Crippen LogP contribution in [0.15, 0.2) is 30.3 Å². The highest BCUT2D eigenvalue weighted by Gasteiger charge is 2.10. The molecule has 4 N–H and O–H groups in total. The van der Waals surface area contributed by atoms with Gasteiger partial charge < -0.3 is 16.4 Å². The molecule has 0 saturated carbocycles. The van der Waals surface area contributed by atoms with Crippen LogP contribution in [0.1, 0.15) is 9.88 Å². The number of amides is 2. The van der Waals surface area contributed by atoms with Crippen LogP contribution in [0.25, 0.3) is 11.3 Å². The van der Waals surface area contributed by atoms with Crippen molar-refractivity contribution in [3.05, 3.63) is 40.2 Å². The van der Waals surface area contributed by atoms with Crippen LogP contribution in [-0.4, -0.2) is 36.4 Å². The second kappa shape index (κ2) is 8.40. The fraction of sp³-hybridized carbons (Fsp3) is 0.312. The molecular weight excluding hydrogens is 312 g/mol. The van der Waals surface area contributed by atoms with Gasteiger partial charge in [-0.3, -0.25) is 9.59 Å². The largest absolute Gasteiger partial charge is 0.354 e. The van der Waals surface area contributed by atoms with Crippen molar-refractivity contribution < 1.29 is 9.59 Å². The van der Waals surface area contributed by atoms with Crippen molar-refractivity contribution in [3.63, 3.8) is 0 Å². The Morgan fingerprint density at radius 1 is 1.17 bits per heavy atom. The highest BCUT2D eigenvalue weighted by molar-refractivity contribution is 7.12. The van der Waals surface area contributed by atoms with E-state index in [1.807, 2.05) is 37.3 Å². The molecule has 1 aromatic carbocycles. The molecule has 0 saturated heterocycles. The maximum Gasteiger partial charge on any atom is 0.239 e. The zero-order valence-corrected chi connectivity index (χ0v) is 13.8. The van der Waals surface area contributed by atoms with Crippen molar-refractivity contribution in [1.82, 2.24) is 15.6 Å². The van der Waals surface area contributed by atoms with Crippen molar-refractivity contribution in [3.8, 4) is 11.3 Å². The number of benzene rings is 1. The topological polar surface area (TPSA) is 97.1 Å². The van der Waals surface area contributed by atoms with Crippen LogP contribution >= 0.6 is 11.3 Å². The third-order valence-electron chi connectivity index (χ3n) is 3.18. The number of hydrogen-bond donors (Lipinski definition) is 3. The van der Waals surface area contributed by atoms with Crippen LogP contribution in [0.4, 0.5) is 0 Å². The first kappa shape index (κ1) is 17.1. The molecule has 2 rings (SSSR count). The van der Waals surface area contributed by atoms with Crippen LogP contribution < -0.4 is 16.4 Å². The molecule has 0 aliphatic heterocycles. The number of aryl methyl sites for hydroxylation is 1. The molecule has 0 spiro atoms. The smallest absolute Gasteiger partial charge is 0.239 e. The van der Waals surface area contributed by atoms with Gasteiger partial charge in [0.05, 0.1) is 23.8 Å². The summed E-state index contributed by atoms with van der Waals surface area (Å²) >= 11 is 1.63. The quantitative estimate of drug-likeness (QED) is 0.700. The first-order valence-electron chi connectivity index (χ1n) is 7.35. The zero-order valence-electron chi connectivity index (χ0n) is 13.0. The van der Waals surface area contributed by atoms with E-state index in [1.54, 1.807) is 11.3 Å². The Morgan fingerprint density at radius 3 is 2.61 bits per heavy atom. The molecule has 1 aromatic heterocycles. The monoisotopic (exact) mass is 332 g/mol. The maximum absolute atomic E-state index is 11.6. The van der Waals surface area contributed by atoms with Crippen molar-refractivity contribution in [2.45, 2.75) is 13.3 Å². The summed E-state index contributed by atoms with van der Waals surface area (Å²) in [5.41, 5.74) is 7.24. The lowest BCUT2D eigenvalue weighted by atomic mass is 10.1. The average molecular weight is 332 g/mol. The lowest BCUT2D eigenvalue weighted by Gasteiger charge is -2.05. The molecule has 0 bridgehead atoms.